The molecule has 0 spiro atoms. The van der Waals surface area contributed by atoms with E-state index in [2.05, 4.69) is 16.7 Å². The molecule has 3 heterocycles. The van der Waals surface area contributed by atoms with Crippen molar-refractivity contribution in [3.05, 3.63) is 97.9 Å². The van der Waals surface area contributed by atoms with Crippen molar-refractivity contribution in [1.29, 1.82) is 0 Å². The summed E-state index contributed by atoms with van der Waals surface area (Å²) in [7, 11) is 0. The fourth-order valence-electron chi connectivity index (χ4n) is 3.20. The molecule has 3 aromatic heterocycles. The van der Waals surface area contributed by atoms with Crippen molar-refractivity contribution in [2.75, 3.05) is 6.61 Å². The third kappa shape index (κ3) is 4.30. The third-order valence-electron chi connectivity index (χ3n) is 4.76. The number of hydrogen-bond acceptors (Lipinski definition) is 6. The Morgan fingerprint density at radius 3 is 2.70 bits per heavy atom. The van der Waals surface area contributed by atoms with Crippen molar-refractivity contribution in [3.8, 4) is 28.5 Å². The molecule has 0 saturated carbocycles. The zero-order valence-corrected chi connectivity index (χ0v) is 19.3. The number of furan rings is 1. The van der Waals surface area contributed by atoms with Crippen LogP contribution in [0.2, 0.25) is 10.0 Å². The Balaban J connectivity index is 1.45. The minimum absolute atomic E-state index is 0.265. The number of aromatic nitrogens is 3. The van der Waals surface area contributed by atoms with Gasteiger partial charge in [-0.25, -0.2) is 0 Å². The van der Waals surface area contributed by atoms with Gasteiger partial charge in [-0.05, 0) is 54.6 Å². The van der Waals surface area contributed by atoms with E-state index in [9.17, 15) is 4.79 Å². The lowest BCUT2D eigenvalue weighted by atomic mass is 10.2. The first-order valence-electron chi connectivity index (χ1n) is 9.82. The molecule has 0 aliphatic rings. The Morgan fingerprint density at radius 2 is 1.94 bits per heavy atom. The molecule has 0 saturated heterocycles. The number of benzene rings is 2. The molecule has 164 valence electrons. The summed E-state index contributed by atoms with van der Waals surface area (Å²) in [6, 6.07) is 16.0. The molecule has 9 heteroatoms. The molecule has 0 fully saturated rings. The van der Waals surface area contributed by atoms with Gasteiger partial charge in [-0.2, -0.15) is 9.50 Å². The molecule has 5 rings (SSSR count). The molecular formula is C24H15Cl2N3O3S. The van der Waals surface area contributed by atoms with E-state index in [4.69, 9.17) is 32.4 Å². The molecule has 33 heavy (non-hydrogen) atoms. The fraction of sp³-hybridized carbons (Fsp3) is 0.0417. The lowest BCUT2D eigenvalue weighted by molar-refractivity contribution is 0.363. The Bertz CT molecular complexity index is 1590. The van der Waals surface area contributed by atoms with E-state index in [1.54, 1.807) is 42.5 Å². The molecule has 2 aromatic carbocycles. The monoisotopic (exact) mass is 495 g/mol. The van der Waals surface area contributed by atoms with Crippen LogP contribution in [-0.4, -0.2) is 21.2 Å². The van der Waals surface area contributed by atoms with Crippen molar-refractivity contribution in [2.24, 2.45) is 0 Å². The van der Waals surface area contributed by atoms with Crippen molar-refractivity contribution >= 4 is 45.6 Å². The summed E-state index contributed by atoms with van der Waals surface area (Å²) in [5, 5.41) is 5.45. The number of hydrogen-bond donors (Lipinski definition) is 0. The summed E-state index contributed by atoms with van der Waals surface area (Å²) >= 11 is 13.6. The van der Waals surface area contributed by atoms with E-state index in [1.165, 1.54) is 15.9 Å². The van der Waals surface area contributed by atoms with E-state index in [0.29, 0.717) is 49.1 Å². The smallest absolute Gasteiger partial charge is 0.291 e. The summed E-state index contributed by atoms with van der Waals surface area (Å²) in [6.45, 7) is 4.06. The average Bonchev–Trinajstić information content (AvgIpc) is 3.52. The van der Waals surface area contributed by atoms with E-state index in [-0.39, 0.29) is 5.56 Å². The maximum Gasteiger partial charge on any atom is 0.291 e. The highest BCUT2D eigenvalue weighted by Gasteiger charge is 2.13. The van der Waals surface area contributed by atoms with Crippen LogP contribution in [0.25, 0.3) is 33.7 Å². The molecule has 0 amide bonds. The van der Waals surface area contributed by atoms with Crippen LogP contribution in [0.4, 0.5) is 0 Å². The largest absolute Gasteiger partial charge is 0.490 e. The van der Waals surface area contributed by atoms with Crippen LogP contribution in [0.15, 0.2) is 76.5 Å². The third-order valence-corrected chi connectivity index (χ3v) is 6.28. The Hall–Kier alpha value is -3.39. The molecule has 5 aromatic rings. The van der Waals surface area contributed by atoms with Crippen LogP contribution in [0.5, 0.6) is 5.75 Å². The Kier molecular flexibility index (Phi) is 5.76. The Morgan fingerprint density at radius 1 is 1.12 bits per heavy atom. The molecular weight excluding hydrogens is 481 g/mol. The van der Waals surface area contributed by atoms with Crippen molar-refractivity contribution in [1.82, 2.24) is 14.6 Å². The van der Waals surface area contributed by atoms with Gasteiger partial charge in [0.25, 0.3) is 5.56 Å². The molecule has 0 aliphatic carbocycles. The number of halogens is 2. The standard InChI is InChI=1S/C24H15Cl2N3O3S/c1-2-11-31-16-6-3-14(4-7-16)22-27-24-29(28-22)23(30)21(33-24)13-17-8-10-20(32-17)18-12-15(25)5-9-19(18)26/h2-10,12-13H,1,11H2. The highest BCUT2D eigenvalue weighted by molar-refractivity contribution is 7.15. The van der Waals surface area contributed by atoms with Crippen LogP contribution < -0.4 is 14.8 Å². The number of ether oxygens (including phenoxy) is 1. The normalized spacial score (nSPS) is 11.9. The molecule has 0 radical (unpaired) electrons. The van der Waals surface area contributed by atoms with Gasteiger partial charge in [0.2, 0.25) is 4.96 Å². The quantitative estimate of drug-likeness (QED) is 0.291. The van der Waals surface area contributed by atoms with Crippen LogP contribution in [-0.2, 0) is 0 Å². The first kappa shape index (κ1) is 21.5. The van der Waals surface area contributed by atoms with Crippen LogP contribution in [0, 0.1) is 0 Å². The van der Waals surface area contributed by atoms with Crippen molar-refractivity contribution < 1.29 is 9.15 Å². The maximum atomic E-state index is 12.9. The van der Waals surface area contributed by atoms with E-state index in [0.717, 1.165) is 11.3 Å². The highest BCUT2D eigenvalue weighted by atomic mass is 35.5. The van der Waals surface area contributed by atoms with Crippen LogP contribution in [0.1, 0.15) is 5.76 Å². The van der Waals surface area contributed by atoms with Crippen LogP contribution in [0.3, 0.4) is 0 Å². The van der Waals surface area contributed by atoms with Gasteiger partial charge in [0.05, 0.1) is 5.02 Å². The second kappa shape index (κ2) is 8.86. The van der Waals surface area contributed by atoms with Crippen molar-refractivity contribution in [3.63, 3.8) is 0 Å². The summed E-state index contributed by atoms with van der Waals surface area (Å²) in [6.07, 6.45) is 3.34. The van der Waals surface area contributed by atoms with Gasteiger partial charge < -0.3 is 9.15 Å². The predicted octanol–water partition coefficient (Wildman–Crippen LogP) is 5.50. The fourth-order valence-corrected chi connectivity index (χ4v) is 4.47. The topological polar surface area (TPSA) is 69.6 Å². The zero-order chi connectivity index (χ0) is 22.9. The van der Waals surface area contributed by atoms with Crippen molar-refractivity contribution in [2.45, 2.75) is 0 Å². The first-order valence-corrected chi connectivity index (χ1v) is 11.4. The Labute approximate surface area is 202 Å². The van der Waals surface area contributed by atoms with Gasteiger partial charge in [-0.15, -0.1) is 5.10 Å². The van der Waals surface area contributed by atoms with Gasteiger partial charge in [-0.1, -0.05) is 47.2 Å². The number of nitrogens with zero attached hydrogens (tertiary/aromatic N) is 3. The zero-order valence-electron chi connectivity index (χ0n) is 17.0. The molecule has 0 unspecified atom stereocenters. The van der Waals surface area contributed by atoms with Gasteiger partial charge in [-0.3, -0.25) is 4.79 Å². The number of rotatable bonds is 6. The minimum atomic E-state index is -0.265. The number of thiazole rings is 1. The summed E-state index contributed by atoms with van der Waals surface area (Å²) in [5.41, 5.74) is 1.20. The SMILES string of the molecule is C=CCOc1ccc(-c2nc3sc(=Cc4ccc(-c5cc(Cl)ccc5Cl)o4)c(=O)n3n2)cc1. The summed E-state index contributed by atoms with van der Waals surface area (Å²) in [4.78, 5) is 17.9. The van der Waals surface area contributed by atoms with E-state index in [1.807, 2.05) is 24.3 Å². The lowest BCUT2D eigenvalue weighted by Gasteiger charge is -2.02. The molecule has 0 N–H and O–H groups in total. The van der Waals surface area contributed by atoms with Gasteiger partial charge >= 0.3 is 0 Å². The molecule has 0 aliphatic heterocycles. The van der Waals surface area contributed by atoms with E-state index >= 15 is 0 Å². The second-order valence-corrected chi connectivity index (χ2v) is 8.85. The number of fused-ring (bicyclic) bond motifs is 1. The first-order chi connectivity index (χ1) is 16.0. The average molecular weight is 496 g/mol. The lowest BCUT2D eigenvalue weighted by Crippen LogP contribution is -2.23. The molecule has 6 nitrogen and oxygen atoms in total. The van der Waals surface area contributed by atoms with Gasteiger partial charge in [0.15, 0.2) is 5.82 Å². The molecule has 0 atom stereocenters. The highest BCUT2D eigenvalue weighted by Crippen LogP contribution is 2.32. The molecule has 0 bridgehead atoms. The summed E-state index contributed by atoms with van der Waals surface area (Å²) < 4.78 is 13.1. The van der Waals surface area contributed by atoms with Gasteiger partial charge in [0, 0.05) is 22.2 Å². The summed E-state index contributed by atoms with van der Waals surface area (Å²) in [5.74, 6) is 2.26. The van der Waals surface area contributed by atoms with Crippen LogP contribution >= 0.6 is 34.5 Å². The van der Waals surface area contributed by atoms with E-state index < -0.39 is 0 Å². The van der Waals surface area contributed by atoms with Gasteiger partial charge in [0.1, 0.15) is 28.4 Å². The predicted molar refractivity (Wildman–Crippen MR) is 131 cm³/mol. The maximum absolute atomic E-state index is 12.9. The minimum Gasteiger partial charge on any atom is -0.490 e. The second-order valence-electron chi connectivity index (χ2n) is 7.00.